The fourth-order valence-electron chi connectivity index (χ4n) is 2.66. The molecule has 2 aromatic heterocycles. The Kier molecular flexibility index (Phi) is 5.48. The van der Waals surface area contributed by atoms with Gasteiger partial charge in [-0.25, -0.2) is 0 Å². The van der Waals surface area contributed by atoms with Gasteiger partial charge in [-0.2, -0.15) is 0 Å². The van der Waals surface area contributed by atoms with Crippen LogP contribution in [0.4, 0.5) is 4.79 Å². The van der Waals surface area contributed by atoms with Gasteiger partial charge in [-0.15, -0.1) is 0 Å². The molecular weight excluding hydrogens is 483 g/mol. The summed E-state index contributed by atoms with van der Waals surface area (Å²) < 4.78 is 15.1. The van der Waals surface area contributed by atoms with Gasteiger partial charge in [0.15, 0.2) is 0 Å². The predicted octanol–water partition coefficient (Wildman–Crippen LogP) is -0.732. The second kappa shape index (κ2) is 7.38. The van der Waals surface area contributed by atoms with Crippen molar-refractivity contribution in [3.8, 4) is 0 Å². The van der Waals surface area contributed by atoms with Gasteiger partial charge in [0.05, 0.1) is 0 Å². The number of hydrogen-bond donors (Lipinski definition) is 1. The number of halogens is 1. The van der Waals surface area contributed by atoms with Crippen molar-refractivity contribution < 1.29 is 31.3 Å². The van der Waals surface area contributed by atoms with Gasteiger partial charge in [0, 0.05) is 0 Å². The second-order valence-electron chi connectivity index (χ2n) is 7.43. The molecule has 0 atom stereocenters. The van der Waals surface area contributed by atoms with E-state index in [2.05, 4.69) is 6.74 Å². The van der Waals surface area contributed by atoms with Gasteiger partial charge in [-0.1, -0.05) is 0 Å². The van der Waals surface area contributed by atoms with Gasteiger partial charge in [-0.05, 0) is 0 Å². The van der Waals surface area contributed by atoms with Crippen LogP contribution < -0.4 is 36.5 Å². The summed E-state index contributed by atoms with van der Waals surface area (Å²) in [6.07, 6.45) is 2.92. The molecule has 2 aromatic rings. The van der Waals surface area contributed by atoms with E-state index in [1.807, 2.05) is 6.92 Å². The molecule has 0 aliphatic heterocycles. The Morgan fingerprint density at radius 1 is 1.37 bits per heavy atom. The van der Waals surface area contributed by atoms with Crippen molar-refractivity contribution in [3.63, 3.8) is 0 Å². The Labute approximate surface area is 171 Å². The zero-order chi connectivity index (χ0) is 19.9. The number of carbonyl (C=O) groups excluding carboxylic acids is 1. The maximum atomic E-state index is 12.8. The van der Waals surface area contributed by atoms with E-state index in [9.17, 15) is 14.4 Å². The van der Waals surface area contributed by atoms with Crippen LogP contribution in [0.15, 0.2) is 12.8 Å². The third-order valence-electron chi connectivity index (χ3n) is 4.04. The molecule has 8 nitrogen and oxygen atoms in total. The summed E-state index contributed by atoms with van der Waals surface area (Å²) in [4.78, 5) is 38.4. The molecule has 2 heterocycles. The molecule has 0 saturated heterocycles. The molecule has 148 valence electrons. The van der Waals surface area contributed by atoms with E-state index in [0.717, 1.165) is 23.3 Å². The Bertz CT molecular complexity index is 1040. The Morgan fingerprint density at radius 2 is 2.04 bits per heavy atom. The van der Waals surface area contributed by atoms with Crippen LogP contribution >= 0.6 is 11.3 Å². The van der Waals surface area contributed by atoms with Gasteiger partial charge in [-0.3, -0.25) is 0 Å². The minimum atomic E-state index is -0.968. The van der Waals surface area contributed by atoms with Gasteiger partial charge in [0.2, 0.25) is 0 Å². The third-order valence-corrected chi connectivity index (χ3v) is 6.58. The van der Waals surface area contributed by atoms with E-state index in [1.165, 1.54) is 20.5 Å². The van der Waals surface area contributed by atoms with Gasteiger partial charge < -0.3 is 0 Å². The average molecular weight is 505 g/mol. The molecule has 27 heavy (non-hydrogen) atoms. The second-order valence-corrected chi connectivity index (χ2v) is 10.0. The summed E-state index contributed by atoms with van der Waals surface area (Å²) >= 11 is 0.394. The molecule has 1 saturated carbocycles. The molecule has 0 unspecified atom stereocenters. The molecule has 0 bridgehead atoms. The first-order valence-corrected chi connectivity index (χ1v) is 11.4. The summed E-state index contributed by atoms with van der Waals surface area (Å²) in [6, 6.07) is 0.0286. The average Bonchev–Trinajstić information content (AvgIpc) is 3.32. The van der Waals surface area contributed by atoms with E-state index in [0.29, 0.717) is 10.2 Å². The van der Waals surface area contributed by atoms with E-state index >= 15 is 0 Å². The van der Waals surface area contributed by atoms with Crippen LogP contribution in [0.5, 0.6) is 0 Å². The number of aryl methyl sites for hydroxylation is 2. The van der Waals surface area contributed by atoms with E-state index in [-0.39, 0.29) is 17.3 Å². The first-order valence-electron chi connectivity index (χ1n) is 8.50. The number of aromatic nitrogens is 2. The molecule has 0 spiro atoms. The Morgan fingerprint density at radius 3 is 2.63 bits per heavy atom. The molecule has 3 rings (SSSR count). The van der Waals surface area contributed by atoms with Gasteiger partial charge in [0.1, 0.15) is 0 Å². The van der Waals surface area contributed by atoms with Gasteiger partial charge in [0.25, 0.3) is 0 Å². The topological polar surface area (TPSA) is 94.7 Å². The zero-order valence-corrected chi connectivity index (χ0v) is 18.8. The molecule has 1 N–H and O–H groups in total. The number of carbonyl (C=O) groups is 1. The summed E-state index contributed by atoms with van der Waals surface area (Å²) in [5, 5.41) is 0.578. The molecular formula is C17H22IN4O4S-. The summed E-state index contributed by atoms with van der Waals surface area (Å²) in [5.74, 6) is 0. The number of fused-ring (bicyclic) bond motifs is 1. The quantitative estimate of drug-likeness (QED) is 0.337. The van der Waals surface area contributed by atoms with Crippen LogP contribution in [0.1, 0.15) is 50.1 Å². The van der Waals surface area contributed by atoms with Crippen LogP contribution in [0.2, 0.25) is 0 Å². The first kappa shape index (κ1) is 20.1. The fraction of sp³-hybridized carbons (Fsp3) is 0.529. The minimum absolute atomic E-state index is 0.0286. The van der Waals surface area contributed by atoms with Gasteiger partial charge >= 0.3 is 172 Å². The molecule has 1 aliphatic carbocycles. The van der Waals surface area contributed by atoms with E-state index in [4.69, 9.17) is 4.74 Å². The van der Waals surface area contributed by atoms with Crippen molar-refractivity contribution in [1.82, 2.24) is 12.7 Å². The number of amides is 1. The normalized spacial score (nSPS) is 15.0. The molecule has 0 aromatic carbocycles. The molecule has 0 radical (unpaired) electrons. The van der Waals surface area contributed by atoms with Crippen molar-refractivity contribution in [2.24, 2.45) is 10.3 Å². The Balaban J connectivity index is 1.84. The molecule has 1 aliphatic rings. The SMILES string of the molecule is Cc1c(C=N[I-]NC(=O)OC(C)(C)C)sc2c1c(=O)n(C1CC1)c(=O)n2C. The van der Waals surface area contributed by atoms with Crippen LogP contribution in [0.25, 0.3) is 10.2 Å². The zero-order valence-electron chi connectivity index (χ0n) is 15.8. The van der Waals surface area contributed by atoms with Crippen molar-refractivity contribution in [2.45, 2.75) is 52.2 Å². The number of nitrogens with zero attached hydrogens (tertiary/aromatic N) is 3. The number of nitrogens with one attached hydrogen (secondary N) is 1. The number of hydrogen-bond acceptors (Lipinski definition) is 6. The number of ether oxygens (including phenoxy) is 1. The van der Waals surface area contributed by atoms with Crippen molar-refractivity contribution >= 4 is 33.9 Å². The molecule has 1 amide bonds. The summed E-state index contributed by atoms with van der Waals surface area (Å²) in [7, 11) is 1.69. The number of thiophene rings is 1. The monoisotopic (exact) mass is 505 g/mol. The van der Waals surface area contributed by atoms with Crippen LogP contribution in [-0.2, 0) is 11.8 Å². The van der Waals surface area contributed by atoms with Crippen molar-refractivity contribution in [2.75, 3.05) is 0 Å². The van der Waals surface area contributed by atoms with Crippen LogP contribution in [-0.4, -0.2) is 27.0 Å². The van der Waals surface area contributed by atoms with Crippen molar-refractivity contribution in [3.05, 3.63) is 31.3 Å². The first-order chi connectivity index (χ1) is 12.6. The van der Waals surface area contributed by atoms with Crippen molar-refractivity contribution in [1.29, 1.82) is 0 Å². The van der Waals surface area contributed by atoms with Crippen LogP contribution in [0.3, 0.4) is 0 Å². The maximum absolute atomic E-state index is 12.8. The predicted molar refractivity (Wildman–Crippen MR) is 101 cm³/mol. The Hall–Kier alpha value is -1.69. The fourth-order valence-corrected chi connectivity index (χ4v) is 4.84. The van der Waals surface area contributed by atoms with Crippen LogP contribution in [0, 0.1) is 6.92 Å². The third kappa shape index (κ3) is 4.26. The summed E-state index contributed by atoms with van der Waals surface area (Å²) in [5.41, 5.74) is -0.217. The number of rotatable bonds is 4. The van der Waals surface area contributed by atoms with E-state index < -0.39 is 33.4 Å². The van der Waals surface area contributed by atoms with E-state index in [1.54, 1.807) is 34.0 Å². The molecule has 10 heteroatoms. The molecule has 1 fully saturated rings. The standard InChI is InChI=1S/C17H22IN4O4S/c1-9-11(8-19-18-20-15(24)26-17(2,3)4)27-14-12(9)13(23)22(10-6-7-10)16(25)21(14)5/h8,10H,6-7H2,1-5H3,(H,20,24)/q-1. The summed E-state index contributed by atoms with van der Waals surface area (Å²) in [6.45, 7) is 7.26.